The third kappa shape index (κ3) is 6.41. The van der Waals surface area contributed by atoms with Gasteiger partial charge in [0.15, 0.2) is 0 Å². The second-order valence-electron chi connectivity index (χ2n) is 7.03. The second kappa shape index (κ2) is 10.4. The molecule has 0 aliphatic rings. The largest absolute Gasteiger partial charge is 0.478 e. The van der Waals surface area contributed by atoms with Crippen molar-refractivity contribution in [3.8, 4) is 6.01 Å². The fraction of sp³-hybridized carbons (Fsp3) is 0.0833. The van der Waals surface area contributed by atoms with E-state index in [1.165, 1.54) is 12.1 Å². The van der Waals surface area contributed by atoms with E-state index in [2.05, 4.69) is 25.6 Å². The summed E-state index contributed by atoms with van der Waals surface area (Å²) in [6.45, 7) is 0.778. The predicted octanol–water partition coefficient (Wildman–Crippen LogP) is 5.16. The van der Waals surface area contributed by atoms with Gasteiger partial charge in [-0.05, 0) is 47.5 Å². The summed E-state index contributed by atoms with van der Waals surface area (Å²) in [7, 11) is 0. The Morgan fingerprint density at radius 3 is 2.24 bits per heavy atom. The summed E-state index contributed by atoms with van der Waals surface area (Å²) in [5.74, 6) is -0.408. The van der Waals surface area contributed by atoms with Crippen LogP contribution in [0.5, 0.6) is 6.01 Å². The van der Waals surface area contributed by atoms with Crippen LogP contribution in [0, 0.1) is 0 Å². The molecule has 0 fully saturated rings. The first-order valence-corrected chi connectivity index (χ1v) is 10.4. The van der Waals surface area contributed by atoms with Gasteiger partial charge in [0.2, 0.25) is 11.9 Å². The molecule has 4 aromatic rings. The third-order valence-corrected chi connectivity index (χ3v) is 4.83. The van der Waals surface area contributed by atoms with Crippen LogP contribution in [0.2, 0.25) is 5.02 Å². The molecule has 8 nitrogen and oxygen atoms in total. The number of aromatic nitrogens is 3. The highest BCUT2D eigenvalue weighted by Gasteiger charge is 2.10. The maximum absolute atomic E-state index is 11.1. The number of halogens is 1. The molecule has 0 saturated carbocycles. The molecule has 0 amide bonds. The van der Waals surface area contributed by atoms with E-state index in [0.29, 0.717) is 29.8 Å². The molecule has 0 aliphatic heterocycles. The van der Waals surface area contributed by atoms with Crippen molar-refractivity contribution in [2.45, 2.75) is 13.2 Å². The van der Waals surface area contributed by atoms with Crippen molar-refractivity contribution in [3.63, 3.8) is 0 Å². The number of carbonyl (C=O) groups is 1. The molecule has 0 bridgehead atoms. The summed E-state index contributed by atoms with van der Waals surface area (Å²) in [5, 5.41) is 16.0. The number of carboxylic acid groups (broad SMARTS) is 1. The van der Waals surface area contributed by atoms with Gasteiger partial charge >= 0.3 is 12.0 Å². The number of benzene rings is 3. The minimum absolute atomic E-state index is 0.150. The molecule has 3 aromatic carbocycles. The van der Waals surface area contributed by atoms with E-state index < -0.39 is 5.97 Å². The monoisotopic (exact) mass is 461 g/mol. The molecular formula is C24H20ClN5O3. The van der Waals surface area contributed by atoms with Gasteiger partial charge in [-0.25, -0.2) is 4.79 Å². The van der Waals surface area contributed by atoms with Gasteiger partial charge < -0.3 is 20.5 Å². The van der Waals surface area contributed by atoms with Crippen molar-refractivity contribution in [2.75, 3.05) is 10.6 Å². The van der Waals surface area contributed by atoms with E-state index in [4.69, 9.17) is 21.4 Å². The molecule has 0 atom stereocenters. The number of rotatable bonds is 9. The van der Waals surface area contributed by atoms with Crippen molar-refractivity contribution < 1.29 is 14.6 Å². The average molecular weight is 462 g/mol. The van der Waals surface area contributed by atoms with Crippen molar-refractivity contribution >= 4 is 35.2 Å². The van der Waals surface area contributed by atoms with E-state index in [1.54, 1.807) is 12.1 Å². The predicted molar refractivity (Wildman–Crippen MR) is 126 cm³/mol. The van der Waals surface area contributed by atoms with Crippen LogP contribution in [0.3, 0.4) is 0 Å². The number of hydrogen-bond acceptors (Lipinski definition) is 7. The molecule has 0 unspecified atom stereocenters. The SMILES string of the molecule is O=C(O)c1ccc(Nc2nc(NCc3ccc(Cl)cc3)nc(OCc3ccccc3)n2)cc1. The van der Waals surface area contributed by atoms with E-state index in [9.17, 15) is 4.79 Å². The Hall–Kier alpha value is -4.17. The lowest BCUT2D eigenvalue weighted by molar-refractivity contribution is 0.0697. The summed E-state index contributed by atoms with van der Waals surface area (Å²) in [6, 6.07) is 23.6. The van der Waals surface area contributed by atoms with Gasteiger partial charge in [0.05, 0.1) is 5.56 Å². The smallest absolute Gasteiger partial charge is 0.335 e. The fourth-order valence-electron chi connectivity index (χ4n) is 2.89. The van der Waals surface area contributed by atoms with Crippen molar-refractivity contribution in [1.82, 2.24) is 15.0 Å². The van der Waals surface area contributed by atoms with Gasteiger partial charge in [0.1, 0.15) is 6.61 Å². The van der Waals surface area contributed by atoms with Gasteiger partial charge in [0, 0.05) is 17.3 Å². The zero-order valence-corrected chi connectivity index (χ0v) is 18.2. The lowest BCUT2D eigenvalue weighted by atomic mass is 10.2. The van der Waals surface area contributed by atoms with Crippen LogP contribution in [-0.4, -0.2) is 26.0 Å². The highest BCUT2D eigenvalue weighted by Crippen LogP contribution is 2.19. The van der Waals surface area contributed by atoms with Crippen LogP contribution < -0.4 is 15.4 Å². The van der Waals surface area contributed by atoms with E-state index in [-0.39, 0.29) is 17.5 Å². The quantitative estimate of drug-likeness (QED) is 0.313. The van der Waals surface area contributed by atoms with Gasteiger partial charge in [-0.2, -0.15) is 15.0 Å². The molecule has 1 heterocycles. The van der Waals surface area contributed by atoms with Crippen LogP contribution in [-0.2, 0) is 13.2 Å². The van der Waals surface area contributed by atoms with E-state index in [0.717, 1.165) is 11.1 Å². The van der Waals surface area contributed by atoms with Gasteiger partial charge in [-0.15, -0.1) is 0 Å². The Bertz CT molecular complexity index is 1220. The van der Waals surface area contributed by atoms with Crippen molar-refractivity contribution in [3.05, 3.63) is 101 Å². The highest BCUT2D eigenvalue weighted by atomic mass is 35.5. The first-order chi connectivity index (χ1) is 16.0. The first-order valence-electron chi connectivity index (χ1n) is 10.1. The zero-order valence-electron chi connectivity index (χ0n) is 17.4. The first kappa shape index (κ1) is 22.0. The number of hydrogen-bond donors (Lipinski definition) is 3. The lowest BCUT2D eigenvalue weighted by Crippen LogP contribution is -2.09. The second-order valence-corrected chi connectivity index (χ2v) is 7.46. The number of nitrogens with zero attached hydrogens (tertiary/aromatic N) is 3. The highest BCUT2D eigenvalue weighted by molar-refractivity contribution is 6.30. The van der Waals surface area contributed by atoms with Crippen molar-refractivity contribution in [2.24, 2.45) is 0 Å². The Labute approximate surface area is 195 Å². The van der Waals surface area contributed by atoms with Crippen LogP contribution in [0.1, 0.15) is 21.5 Å². The van der Waals surface area contributed by atoms with Gasteiger partial charge in [0.25, 0.3) is 0 Å². The molecule has 33 heavy (non-hydrogen) atoms. The number of anilines is 3. The molecular weight excluding hydrogens is 442 g/mol. The summed E-state index contributed by atoms with van der Waals surface area (Å²) in [5.41, 5.74) is 2.80. The maximum atomic E-state index is 11.1. The normalized spacial score (nSPS) is 10.5. The summed E-state index contributed by atoms with van der Waals surface area (Å²) >= 11 is 5.95. The molecule has 0 spiro atoms. The van der Waals surface area contributed by atoms with Gasteiger partial charge in [-0.1, -0.05) is 54.1 Å². The molecule has 0 radical (unpaired) electrons. The molecule has 0 aliphatic carbocycles. The molecule has 4 rings (SSSR count). The standard InChI is InChI=1S/C24H20ClN5O3/c25-19-10-6-16(7-11-19)14-26-22-28-23(27-20-12-8-18(9-13-20)21(31)32)30-24(29-22)33-15-17-4-2-1-3-5-17/h1-13H,14-15H2,(H,31,32)(H2,26,27,28,29,30). The minimum Gasteiger partial charge on any atom is -0.478 e. The number of carboxylic acids is 1. The molecule has 166 valence electrons. The minimum atomic E-state index is -0.994. The summed E-state index contributed by atoms with van der Waals surface area (Å²) in [6.07, 6.45) is 0. The number of aromatic carboxylic acids is 1. The maximum Gasteiger partial charge on any atom is 0.335 e. The van der Waals surface area contributed by atoms with Gasteiger partial charge in [-0.3, -0.25) is 0 Å². The molecule has 3 N–H and O–H groups in total. The van der Waals surface area contributed by atoms with Crippen LogP contribution in [0.4, 0.5) is 17.6 Å². The zero-order chi connectivity index (χ0) is 23.0. The van der Waals surface area contributed by atoms with E-state index in [1.807, 2.05) is 54.6 Å². The summed E-state index contributed by atoms with van der Waals surface area (Å²) in [4.78, 5) is 24.2. The number of nitrogens with one attached hydrogen (secondary N) is 2. The third-order valence-electron chi connectivity index (χ3n) is 4.58. The lowest BCUT2D eigenvalue weighted by Gasteiger charge is -2.11. The molecule has 9 heteroatoms. The Kier molecular flexibility index (Phi) is 6.96. The number of ether oxygens (including phenoxy) is 1. The molecule has 0 saturated heterocycles. The van der Waals surface area contributed by atoms with Crippen LogP contribution in [0.15, 0.2) is 78.9 Å². The molecule has 1 aromatic heterocycles. The Morgan fingerprint density at radius 2 is 1.55 bits per heavy atom. The van der Waals surface area contributed by atoms with Crippen LogP contribution >= 0.6 is 11.6 Å². The average Bonchev–Trinajstić information content (AvgIpc) is 2.83. The Balaban J connectivity index is 1.53. The van der Waals surface area contributed by atoms with Crippen molar-refractivity contribution in [1.29, 1.82) is 0 Å². The van der Waals surface area contributed by atoms with E-state index >= 15 is 0 Å². The Morgan fingerprint density at radius 1 is 0.848 bits per heavy atom. The van der Waals surface area contributed by atoms with Crippen LogP contribution in [0.25, 0.3) is 0 Å². The topological polar surface area (TPSA) is 109 Å². The fourth-order valence-corrected chi connectivity index (χ4v) is 3.01. The summed E-state index contributed by atoms with van der Waals surface area (Å²) < 4.78 is 5.79.